The first-order valence-electron chi connectivity index (χ1n) is 14.6. The number of carbonyl (C=O) groups excluding carboxylic acids is 3. The number of amides is 4. The van der Waals surface area contributed by atoms with Gasteiger partial charge in [-0.1, -0.05) is 35.3 Å². The van der Waals surface area contributed by atoms with Crippen molar-refractivity contribution in [2.45, 2.75) is 51.7 Å². The summed E-state index contributed by atoms with van der Waals surface area (Å²) in [6, 6.07) is 7.98. The molecular formula is C31H33Cl2FN6O5. The Kier molecular flexibility index (Phi) is 9.64. The Hall–Kier alpha value is -4.16. The molecule has 0 aliphatic carbocycles. The first kappa shape index (κ1) is 32.2. The molecular weight excluding hydrogens is 626 g/mol. The van der Waals surface area contributed by atoms with Crippen LogP contribution in [-0.2, 0) is 22.6 Å². The highest BCUT2D eigenvalue weighted by atomic mass is 35.5. The summed E-state index contributed by atoms with van der Waals surface area (Å²) in [5, 5.41) is 5.83. The van der Waals surface area contributed by atoms with Crippen molar-refractivity contribution in [3.05, 3.63) is 84.9 Å². The molecule has 4 amide bonds. The molecule has 2 aliphatic heterocycles. The fourth-order valence-corrected chi connectivity index (χ4v) is 6.25. The summed E-state index contributed by atoms with van der Waals surface area (Å²) in [5.41, 5.74) is 0.365. The molecule has 238 valence electrons. The number of rotatable bonds is 7. The van der Waals surface area contributed by atoms with E-state index in [2.05, 4.69) is 10.6 Å². The van der Waals surface area contributed by atoms with Crippen LogP contribution < -0.4 is 21.9 Å². The van der Waals surface area contributed by atoms with E-state index in [0.29, 0.717) is 50.1 Å². The highest BCUT2D eigenvalue weighted by Crippen LogP contribution is 2.32. The second-order valence-electron chi connectivity index (χ2n) is 11.3. The number of piperidine rings is 1. The number of aromatic nitrogens is 2. The summed E-state index contributed by atoms with van der Waals surface area (Å²) in [4.78, 5) is 68.5. The Morgan fingerprint density at radius 3 is 2.51 bits per heavy atom. The standard InChI is InChI=1S/C31H33Cl2FN6O5/c1-18(15-35-19(2)41)40-29(43)24(23-4-3-5-25(32)28(23)33)16-38(31(40)45)17-27(42)37-11-9-22(10-12-37)39-13-8-20-14-21(34)6-7-26(20)36-30(39)44/h3-7,14,16,18,22H,8-13,15,17H2,1-2H3,(H,35,41)(H,36,44). The third-order valence-corrected chi connectivity index (χ3v) is 9.09. The van der Waals surface area contributed by atoms with E-state index in [9.17, 15) is 28.4 Å². The van der Waals surface area contributed by atoms with Crippen LogP contribution in [0.1, 0.15) is 38.3 Å². The lowest BCUT2D eigenvalue weighted by atomic mass is 10.0. The molecule has 0 saturated carbocycles. The summed E-state index contributed by atoms with van der Waals surface area (Å²) in [6.45, 7) is 3.76. The van der Waals surface area contributed by atoms with Gasteiger partial charge in [0.15, 0.2) is 0 Å². The van der Waals surface area contributed by atoms with E-state index in [4.69, 9.17) is 23.2 Å². The van der Waals surface area contributed by atoms with Crippen LogP contribution >= 0.6 is 23.2 Å². The van der Waals surface area contributed by atoms with E-state index in [0.717, 1.165) is 10.1 Å². The van der Waals surface area contributed by atoms with Crippen LogP contribution in [0.5, 0.6) is 0 Å². The predicted molar refractivity (Wildman–Crippen MR) is 169 cm³/mol. The average molecular weight is 660 g/mol. The number of urea groups is 1. The lowest BCUT2D eigenvalue weighted by molar-refractivity contribution is -0.133. The molecule has 1 fully saturated rings. The van der Waals surface area contributed by atoms with Crippen molar-refractivity contribution in [1.82, 2.24) is 24.3 Å². The molecule has 0 bridgehead atoms. The minimum Gasteiger partial charge on any atom is -0.354 e. The van der Waals surface area contributed by atoms with Gasteiger partial charge in [0.25, 0.3) is 5.56 Å². The molecule has 3 heterocycles. The van der Waals surface area contributed by atoms with E-state index in [1.807, 2.05) is 0 Å². The maximum Gasteiger partial charge on any atom is 0.331 e. The third kappa shape index (κ3) is 6.91. The van der Waals surface area contributed by atoms with Gasteiger partial charge in [-0.3, -0.25) is 23.5 Å². The molecule has 0 spiro atoms. The van der Waals surface area contributed by atoms with Crippen LogP contribution in [-0.4, -0.2) is 69.0 Å². The van der Waals surface area contributed by atoms with Gasteiger partial charge >= 0.3 is 11.7 Å². The number of likely N-dealkylation sites (tertiary alicyclic amines) is 1. The van der Waals surface area contributed by atoms with E-state index < -0.39 is 17.3 Å². The largest absolute Gasteiger partial charge is 0.354 e. The van der Waals surface area contributed by atoms with Gasteiger partial charge < -0.3 is 20.4 Å². The molecule has 45 heavy (non-hydrogen) atoms. The molecule has 2 N–H and O–H groups in total. The molecule has 2 aliphatic rings. The van der Waals surface area contributed by atoms with Crippen LogP contribution in [0.3, 0.4) is 0 Å². The Morgan fingerprint density at radius 2 is 1.80 bits per heavy atom. The van der Waals surface area contributed by atoms with Gasteiger partial charge in [-0.05, 0) is 56.0 Å². The zero-order chi connectivity index (χ0) is 32.4. The van der Waals surface area contributed by atoms with Crippen LogP contribution in [0.4, 0.5) is 14.9 Å². The van der Waals surface area contributed by atoms with Gasteiger partial charge in [0.2, 0.25) is 11.8 Å². The topological polar surface area (TPSA) is 126 Å². The number of nitrogens with zero attached hydrogens (tertiary/aromatic N) is 4. The van der Waals surface area contributed by atoms with Crippen LogP contribution in [0.2, 0.25) is 10.0 Å². The maximum absolute atomic E-state index is 13.7. The van der Waals surface area contributed by atoms with Gasteiger partial charge in [0.1, 0.15) is 12.4 Å². The number of carbonyl (C=O) groups is 3. The summed E-state index contributed by atoms with van der Waals surface area (Å²) in [7, 11) is 0. The number of fused-ring (bicyclic) bond motifs is 1. The normalized spacial score (nSPS) is 16.1. The summed E-state index contributed by atoms with van der Waals surface area (Å²) < 4.78 is 15.9. The molecule has 5 rings (SSSR count). The minimum absolute atomic E-state index is 0.0166. The summed E-state index contributed by atoms with van der Waals surface area (Å²) in [5.74, 6) is -1.01. The Morgan fingerprint density at radius 1 is 1.07 bits per heavy atom. The highest BCUT2D eigenvalue weighted by Gasteiger charge is 2.32. The van der Waals surface area contributed by atoms with E-state index in [1.165, 1.54) is 29.8 Å². The molecule has 3 aromatic rings. The quantitative estimate of drug-likeness (QED) is 0.398. The Labute approximate surface area is 268 Å². The summed E-state index contributed by atoms with van der Waals surface area (Å²) in [6.07, 6.45) is 2.87. The molecule has 11 nitrogen and oxygen atoms in total. The number of halogens is 3. The molecule has 0 radical (unpaired) electrons. The van der Waals surface area contributed by atoms with Crippen molar-refractivity contribution in [2.75, 3.05) is 31.5 Å². The van der Waals surface area contributed by atoms with Crippen molar-refractivity contribution >= 4 is 46.7 Å². The van der Waals surface area contributed by atoms with Crippen molar-refractivity contribution in [2.24, 2.45) is 0 Å². The SMILES string of the molecule is CC(=O)NCC(C)n1c(=O)c(-c2cccc(Cl)c2Cl)cn(CC(=O)N2CCC(N3CCc4cc(F)ccc4NC3=O)CC2)c1=O. The first-order chi connectivity index (χ1) is 21.4. The van der Waals surface area contributed by atoms with E-state index >= 15 is 0 Å². The number of hydrogen-bond donors (Lipinski definition) is 2. The second kappa shape index (κ2) is 13.5. The van der Waals surface area contributed by atoms with Crippen molar-refractivity contribution in [1.29, 1.82) is 0 Å². The van der Waals surface area contributed by atoms with Crippen molar-refractivity contribution < 1.29 is 18.8 Å². The zero-order valence-electron chi connectivity index (χ0n) is 24.8. The Bertz CT molecular complexity index is 1770. The number of anilines is 1. The Balaban J connectivity index is 1.34. The van der Waals surface area contributed by atoms with Gasteiger partial charge in [0, 0.05) is 56.6 Å². The number of nitrogens with one attached hydrogen (secondary N) is 2. The van der Waals surface area contributed by atoms with Gasteiger partial charge in [-0.25, -0.2) is 14.0 Å². The van der Waals surface area contributed by atoms with Gasteiger partial charge in [0.05, 0.1) is 21.7 Å². The molecule has 1 aromatic heterocycles. The molecule has 1 atom stereocenters. The average Bonchev–Trinajstić information content (AvgIpc) is 3.17. The van der Waals surface area contributed by atoms with Gasteiger partial charge in [-0.15, -0.1) is 0 Å². The monoisotopic (exact) mass is 658 g/mol. The first-order valence-corrected chi connectivity index (χ1v) is 15.4. The maximum atomic E-state index is 13.7. The predicted octanol–water partition coefficient (Wildman–Crippen LogP) is 3.90. The van der Waals surface area contributed by atoms with E-state index in [-0.39, 0.29) is 58.4 Å². The van der Waals surface area contributed by atoms with Gasteiger partial charge in [-0.2, -0.15) is 0 Å². The molecule has 2 aromatic carbocycles. The number of benzene rings is 2. The van der Waals surface area contributed by atoms with Crippen LogP contribution in [0.25, 0.3) is 11.1 Å². The minimum atomic E-state index is -0.730. The summed E-state index contributed by atoms with van der Waals surface area (Å²) >= 11 is 12.7. The van der Waals surface area contributed by atoms with E-state index in [1.54, 1.807) is 41.0 Å². The fraction of sp³-hybridized carbons (Fsp3) is 0.387. The van der Waals surface area contributed by atoms with Crippen LogP contribution in [0, 0.1) is 5.82 Å². The molecule has 14 heteroatoms. The third-order valence-electron chi connectivity index (χ3n) is 8.27. The van der Waals surface area contributed by atoms with Crippen molar-refractivity contribution in [3.63, 3.8) is 0 Å². The lowest BCUT2D eigenvalue weighted by Gasteiger charge is -2.38. The van der Waals surface area contributed by atoms with Crippen LogP contribution in [0.15, 0.2) is 52.2 Å². The molecule has 1 unspecified atom stereocenters. The van der Waals surface area contributed by atoms with Crippen molar-refractivity contribution in [3.8, 4) is 11.1 Å². The second-order valence-corrected chi connectivity index (χ2v) is 12.1. The lowest BCUT2D eigenvalue weighted by Crippen LogP contribution is -2.51. The highest BCUT2D eigenvalue weighted by molar-refractivity contribution is 6.43. The molecule has 1 saturated heterocycles. The zero-order valence-corrected chi connectivity index (χ0v) is 26.3. The smallest absolute Gasteiger partial charge is 0.331 e. The number of hydrogen-bond acceptors (Lipinski definition) is 5. The fourth-order valence-electron chi connectivity index (χ4n) is 5.84.